The predicted molar refractivity (Wildman–Crippen MR) is 42.2 cm³/mol. The number of aldehydes is 1. The quantitative estimate of drug-likeness (QED) is 0.545. The number of hydrogen-bond acceptors (Lipinski definition) is 3. The first kappa shape index (κ1) is 7.40. The first-order valence-corrected chi connectivity index (χ1v) is 4.03. The van der Waals surface area contributed by atoms with Gasteiger partial charge in [-0.15, -0.1) is 0 Å². The molecule has 12 heavy (non-hydrogen) atoms. The van der Waals surface area contributed by atoms with Crippen LogP contribution < -0.4 is 0 Å². The summed E-state index contributed by atoms with van der Waals surface area (Å²) < 4.78 is 10.6. The molecule has 0 aromatic heterocycles. The molecule has 1 aliphatic carbocycles. The largest absolute Gasteiger partial charge is 0.486 e. The van der Waals surface area contributed by atoms with Crippen LogP contribution in [-0.4, -0.2) is 19.5 Å². The second kappa shape index (κ2) is 3.01. The average Bonchev–Trinajstić information content (AvgIpc) is 2.17. The van der Waals surface area contributed by atoms with Gasteiger partial charge in [-0.3, -0.25) is 0 Å². The predicted octanol–water partition coefficient (Wildman–Crippen LogP) is 1.02. The molecule has 2 rings (SSSR count). The van der Waals surface area contributed by atoms with Gasteiger partial charge in [-0.2, -0.15) is 0 Å². The van der Waals surface area contributed by atoms with E-state index in [0.29, 0.717) is 13.2 Å². The summed E-state index contributed by atoms with van der Waals surface area (Å²) in [5, 5.41) is 0. The summed E-state index contributed by atoms with van der Waals surface area (Å²) in [5.41, 5.74) is 0. The van der Waals surface area contributed by atoms with Crippen LogP contribution >= 0.6 is 0 Å². The third-order valence-electron chi connectivity index (χ3n) is 1.96. The summed E-state index contributed by atoms with van der Waals surface area (Å²) in [5.74, 6) is 1.48. The molecule has 1 fully saturated rings. The van der Waals surface area contributed by atoms with Crippen molar-refractivity contribution in [3.63, 3.8) is 0 Å². The normalized spacial score (nSPS) is 27.2. The molecule has 1 heterocycles. The smallest absolute Gasteiger partial charge is 0.157 e. The van der Waals surface area contributed by atoms with Crippen molar-refractivity contribution in [1.29, 1.82) is 0 Å². The van der Waals surface area contributed by atoms with Crippen LogP contribution in [0.4, 0.5) is 0 Å². The fourth-order valence-corrected chi connectivity index (χ4v) is 1.34. The van der Waals surface area contributed by atoms with Crippen LogP contribution in [0.2, 0.25) is 0 Å². The van der Waals surface area contributed by atoms with E-state index in [0.717, 1.165) is 24.2 Å². The molecule has 0 aromatic carbocycles. The van der Waals surface area contributed by atoms with Gasteiger partial charge in [0.25, 0.3) is 0 Å². The Morgan fingerprint density at radius 1 is 1.33 bits per heavy atom. The minimum atomic E-state index is -0.0366. The molecule has 1 atom stereocenters. The molecule has 64 valence electrons. The first-order chi connectivity index (χ1) is 5.90. The monoisotopic (exact) mass is 166 g/mol. The van der Waals surface area contributed by atoms with Gasteiger partial charge < -0.3 is 14.3 Å². The summed E-state index contributed by atoms with van der Waals surface area (Å²) in [6.45, 7) is 1.18. The zero-order valence-electron chi connectivity index (χ0n) is 6.66. The Kier molecular flexibility index (Phi) is 1.86. The lowest BCUT2D eigenvalue weighted by molar-refractivity contribution is -0.110. The number of fused-ring (bicyclic) bond motifs is 1. The van der Waals surface area contributed by atoms with E-state index in [9.17, 15) is 4.79 Å². The van der Waals surface area contributed by atoms with Crippen molar-refractivity contribution in [3.05, 3.63) is 23.7 Å². The van der Waals surface area contributed by atoms with Gasteiger partial charge in [0.15, 0.2) is 11.5 Å². The maximum Gasteiger partial charge on any atom is 0.157 e. The molecule has 0 bridgehead atoms. The van der Waals surface area contributed by atoms with Gasteiger partial charge in [-0.05, 0) is 18.6 Å². The highest BCUT2D eigenvalue weighted by atomic mass is 16.6. The maximum atomic E-state index is 10.5. The summed E-state index contributed by atoms with van der Waals surface area (Å²) in [6.07, 6.45) is 5.39. The van der Waals surface area contributed by atoms with Crippen molar-refractivity contribution in [2.75, 3.05) is 13.2 Å². The topological polar surface area (TPSA) is 35.5 Å². The van der Waals surface area contributed by atoms with Crippen molar-refractivity contribution in [2.45, 2.75) is 6.42 Å². The standard InChI is InChI=1S/C9H10O3/c10-6-7-1-2-8-9(5-7)12-4-3-11-8/h2,5-7H,1,3-4H2/t7-/m0/s1. The second-order valence-electron chi connectivity index (χ2n) is 2.83. The van der Waals surface area contributed by atoms with Crippen LogP contribution in [0.5, 0.6) is 0 Å². The minimum Gasteiger partial charge on any atom is -0.486 e. The summed E-state index contributed by atoms with van der Waals surface area (Å²) in [6, 6.07) is 0. The van der Waals surface area contributed by atoms with Crippen molar-refractivity contribution >= 4 is 6.29 Å². The van der Waals surface area contributed by atoms with Crippen molar-refractivity contribution < 1.29 is 14.3 Å². The highest BCUT2D eigenvalue weighted by Gasteiger charge is 2.20. The van der Waals surface area contributed by atoms with Crippen molar-refractivity contribution in [2.24, 2.45) is 5.92 Å². The minimum absolute atomic E-state index is 0.0366. The van der Waals surface area contributed by atoms with Gasteiger partial charge in [-0.25, -0.2) is 0 Å². The van der Waals surface area contributed by atoms with Crippen molar-refractivity contribution in [1.82, 2.24) is 0 Å². The molecule has 1 aliphatic heterocycles. The molecule has 3 nitrogen and oxygen atoms in total. The fourth-order valence-electron chi connectivity index (χ4n) is 1.34. The molecule has 1 saturated heterocycles. The maximum absolute atomic E-state index is 10.5. The highest BCUT2D eigenvalue weighted by Crippen LogP contribution is 2.26. The Morgan fingerprint density at radius 3 is 2.83 bits per heavy atom. The van der Waals surface area contributed by atoms with Gasteiger partial charge in [-0.1, -0.05) is 0 Å². The van der Waals surface area contributed by atoms with E-state index in [1.165, 1.54) is 0 Å². The number of allylic oxidation sites excluding steroid dienone is 2. The fraction of sp³-hybridized carbons (Fsp3) is 0.444. The lowest BCUT2D eigenvalue weighted by Gasteiger charge is -2.24. The Morgan fingerprint density at radius 2 is 2.08 bits per heavy atom. The van der Waals surface area contributed by atoms with E-state index >= 15 is 0 Å². The molecule has 0 radical (unpaired) electrons. The molecule has 0 spiro atoms. The van der Waals surface area contributed by atoms with Crippen LogP contribution in [0.25, 0.3) is 0 Å². The number of carbonyl (C=O) groups excluding carboxylic acids is 1. The van der Waals surface area contributed by atoms with E-state index in [4.69, 9.17) is 9.47 Å². The summed E-state index contributed by atoms with van der Waals surface area (Å²) in [4.78, 5) is 10.5. The van der Waals surface area contributed by atoms with Crippen LogP contribution in [0.15, 0.2) is 23.7 Å². The zero-order chi connectivity index (χ0) is 8.39. The third-order valence-corrected chi connectivity index (χ3v) is 1.96. The van der Waals surface area contributed by atoms with Crippen LogP contribution in [0.1, 0.15) is 6.42 Å². The lowest BCUT2D eigenvalue weighted by atomic mass is 10.0. The van der Waals surface area contributed by atoms with Gasteiger partial charge >= 0.3 is 0 Å². The second-order valence-corrected chi connectivity index (χ2v) is 2.83. The van der Waals surface area contributed by atoms with Crippen LogP contribution in [0.3, 0.4) is 0 Å². The molecule has 0 saturated carbocycles. The molecule has 0 aromatic rings. The van der Waals surface area contributed by atoms with E-state index in [-0.39, 0.29) is 5.92 Å². The molecule has 0 amide bonds. The van der Waals surface area contributed by atoms with Gasteiger partial charge in [0.2, 0.25) is 0 Å². The van der Waals surface area contributed by atoms with Gasteiger partial charge in [0.1, 0.15) is 19.5 Å². The Bertz CT molecular complexity index is 252. The molecule has 2 aliphatic rings. The number of carbonyl (C=O) groups is 1. The summed E-state index contributed by atoms with van der Waals surface area (Å²) in [7, 11) is 0. The molecular weight excluding hydrogens is 156 g/mol. The molecule has 0 N–H and O–H groups in total. The lowest BCUT2D eigenvalue weighted by Crippen LogP contribution is -2.18. The molecule has 3 heteroatoms. The van der Waals surface area contributed by atoms with Gasteiger partial charge in [0, 0.05) is 5.92 Å². The molecular formula is C9H10O3. The molecule has 0 unspecified atom stereocenters. The average molecular weight is 166 g/mol. The summed E-state index contributed by atoms with van der Waals surface area (Å²) >= 11 is 0. The number of ether oxygens (including phenoxy) is 2. The first-order valence-electron chi connectivity index (χ1n) is 4.03. The van der Waals surface area contributed by atoms with Crippen LogP contribution in [0, 0.1) is 5.92 Å². The third kappa shape index (κ3) is 1.22. The number of rotatable bonds is 1. The SMILES string of the molecule is O=C[C@@H]1C=C2OCCOC2=CC1. The van der Waals surface area contributed by atoms with E-state index < -0.39 is 0 Å². The van der Waals surface area contributed by atoms with E-state index in [2.05, 4.69) is 0 Å². The van der Waals surface area contributed by atoms with E-state index in [1.54, 1.807) is 0 Å². The Balaban J connectivity index is 2.18. The van der Waals surface area contributed by atoms with Gasteiger partial charge in [0.05, 0.1) is 0 Å². The van der Waals surface area contributed by atoms with Crippen LogP contribution in [-0.2, 0) is 14.3 Å². The zero-order valence-corrected chi connectivity index (χ0v) is 6.66. The number of hydrogen-bond donors (Lipinski definition) is 0. The van der Waals surface area contributed by atoms with Crippen molar-refractivity contribution in [3.8, 4) is 0 Å². The van der Waals surface area contributed by atoms with E-state index in [1.807, 2.05) is 12.2 Å². The highest BCUT2D eigenvalue weighted by molar-refractivity contribution is 5.58. The Hall–Kier alpha value is -1.25. The Labute approximate surface area is 70.7 Å².